The first-order valence-corrected chi connectivity index (χ1v) is 4.78. The number of carbonyl (C=O) groups excluding carboxylic acids is 1. The number of rotatable bonds is 2. The highest BCUT2D eigenvalue weighted by Crippen LogP contribution is 2.37. The van der Waals surface area contributed by atoms with Crippen molar-refractivity contribution >= 4 is 11.7 Å². The van der Waals surface area contributed by atoms with Crippen LogP contribution in [-0.2, 0) is 12.8 Å². The fraction of sp³-hybridized carbons (Fsp3) is 0.222. The van der Waals surface area contributed by atoms with Gasteiger partial charge in [-0.05, 0) is 12.1 Å². The van der Waals surface area contributed by atoms with Crippen LogP contribution in [0.3, 0.4) is 0 Å². The molecule has 0 saturated heterocycles. The summed E-state index contributed by atoms with van der Waals surface area (Å²) >= 11 is 0. The Morgan fingerprint density at radius 3 is 2.42 bits per heavy atom. The maximum Gasteiger partial charge on any atom is 0.419 e. The number of aliphatic hydroxyl groups is 1. The molecule has 0 bridgehead atoms. The number of alkyl halides is 3. The molecule has 2 amide bonds. The molecule has 10 heteroatoms. The van der Waals surface area contributed by atoms with Crippen LogP contribution < -0.4 is 22.1 Å². The Balaban J connectivity index is 3.48. The van der Waals surface area contributed by atoms with Crippen LogP contribution in [-0.4, -0.2) is 11.1 Å². The first kappa shape index (κ1) is 15.1. The molecule has 0 radical (unpaired) electrons. The predicted octanol–water partition coefficient (Wildman–Crippen LogP) is 0.600. The largest absolute Gasteiger partial charge is 0.419 e. The van der Waals surface area contributed by atoms with Gasteiger partial charge in [-0.1, -0.05) is 0 Å². The average molecular weight is 282 g/mol. The number of anilines is 1. The quantitative estimate of drug-likeness (QED) is 0.276. The molecule has 0 heterocycles. The van der Waals surface area contributed by atoms with Crippen molar-refractivity contribution in [2.75, 3.05) is 5.01 Å². The Hall–Kier alpha value is -1.91. The zero-order valence-electron chi connectivity index (χ0n) is 9.33. The molecule has 1 aromatic carbocycles. The van der Waals surface area contributed by atoms with E-state index in [9.17, 15) is 22.4 Å². The number of hydrazine groups is 2. The molecule has 0 aromatic heterocycles. The molecule has 0 unspecified atom stereocenters. The van der Waals surface area contributed by atoms with Gasteiger partial charge >= 0.3 is 12.2 Å². The first-order valence-electron chi connectivity index (χ1n) is 4.78. The van der Waals surface area contributed by atoms with Gasteiger partial charge < -0.3 is 5.11 Å². The smallest absolute Gasteiger partial charge is 0.392 e. The van der Waals surface area contributed by atoms with Crippen LogP contribution in [0.15, 0.2) is 12.1 Å². The van der Waals surface area contributed by atoms with Crippen LogP contribution in [0.4, 0.5) is 28.0 Å². The Morgan fingerprint density at radius 2 is 2.00 bits per heavy atom. The van der Waals surface area contributed by atoms with Gasteiger partial charge in [0.15, 0.2) is 0 Å². The zero-order chi connectivity index (χ0) is 14.8. The van der Waals surface area contributed by atoms with Crippen molar-refractivity contribution in [2.24, 2.45) is 11.7 Å². The van der Waals surface area contributed by atoms with E-state index in [-0.39, 0.29) is 5.01 Å². The second-order valence-electron chi connectivity index (χ2n) is 3.40. The zero-order valence-corrected chi connectivity index (χ0v) is 9.33. The lowest BCUT2D eigenvalue weighted by Crippen LogP contribution is -2.48. The molecule has 0 aliphatic carbocycles. The molecule has 0 aliphatic rings. The van der Waals surface area contributed by atoms with Crippen molar-refractivity contribution in [3.05, 3.63) is 29.1 Å². The summed E-state index contributed by atoms with van der Waals surface area (Å²) in [6, 6.07) is 0.182. The standard InChI is InChI=1S/C9H10F4N4O2/c10-5-1-2-6(17(15)8(19)16-14)4(3-18)7(5)9(11,12)13/h1-2,18H,3,14-15H2,(H,16,19). The van der Waals surface area contributed by atoms with Crippen LogP contribution in [0.25, 0.3) is 0 Å². The molecular formula is C9H10F4N4O2. The van der Waals surface area contributed by atoms with Gasteiger partial charge in [0.1, 0.15) is 5.82 Å². The minimum atomic E-state index is -5.04. The van der Waals surface area contributed by atoms with Gasteiger partial charge in [0.05, 0.1) is 17.9 Å². The van der Waals surface area contributed by atoms with Crippen molar-refractivity contribution in [1.29, 1.82) is 0 Å². The summed E-state index contributed by atoms with van der Waals surface area (Å²) in [5, 5.41) is 9.21. The summed E-state index contributed by atoms with van der Waals surface area (Å²) in [5.74, 6) is 8.42. The minimum absolute atomic E-state index is 0.236. The molecule has 0 saturated carbocycles. The first-order chi connectivity index (χ1) is 8.73. The van der Waals surface area contributed by atoms with Gasteiger partial charge in [0.25, 0.3) is 0 Å². The lowest BCUT2D eigenvalue weighted by molar-refractivity contribution is -0.141. The lowest BCUT2D eigenvalue weighted by Gasteiger charge is -2.22. The van der Waals surface area contributed by atoms with E-state index in [2.05, 4.69) is 0 Å². The average Bonchev–Trinajstić information content (AvgIpc) is 2.34. The van der Waals surface area contributed by atoms with Gasteiger partial charge in [-0.3, -0.25) is 5.43 Å². The highest BCUT2D eigenvalue weighted by Gasteiger charge is 2.38. The van der Waals surface area contributed by atoms with E-state index in [1.807, 2.05) is 0 Å². The third-order valence-electron chi connectivity index (χ3n) is 2.28. The maximum absolute atomic E-state index is 13.2. The van der Waals surface area contributed by atoms with Crippen molar-refractivity contribution in [3.63, 3.8) is 0 Å². The fourth-order valence-electron chi connectivity index (χ4n) is 1.48. The number of urea groups is 1. The monoisotopic (exact) mass is 282 g/mol. The van der Waals surface area contributed by atoms with Crippen LogP contribution in [0.5, 0.6) is 0 Å². The van der Waals surface area contributed by atoms with Gasteiger partial charge in [-0.15, -0.1) is 0 Å². The van der Waals surface area contributed by atoms with Crippen molar-refractivity contribution < 1.29 is 27.5 Å². The van der Waals surface area contributed by atoms with Gasteiger partial charge in [-0.2, -0.15) is 13.2 Å². The van der Waals surface area contributed by atoms with E-state index >= 15 is 0 Å². The molecule has 1 aromatic rings. The van der Waals surface area contributed by atoms with E-state index in [1.54, 1.807) is 5.43 Å². The second kappa shape index (κ2) is 5.38. The van der Waals surface area contributed by atoms with Gasteiger partial charge in [0, 0.05) is 5.56 Å². The number of hydrogen-bond donors (Lipinski definition) is 4. The number of nitrogens with two attached hydrogens (primary N) is 2. The SMILES string of the molecule is NNC(=O)N(N)c1ccc(F)c(C(F)(F)F)c1CO. The molecule has 0 fully saturated rings. The molecule has 106 valence electrons. The van der Waals surface area contributed by atoms with Crippen LogP contribution in [0, 0.1) is 5.82 Å². The predicted molar refractivity (Wildman–Crippen MR) is 56.7 cm³/mol. The highest BCUT2D eigenvalue weighted by molar-refractivity contribution is 5.91. The third-order valence-corrected chi connectivity index (χ3v) is 2.28. The number of amides is 2. The van der Waals surface area contributed by atoms with E-state index in [0.717, 1.165) is 6.07 Å². The van der Waals surface area contributed by atoms with Crippen molar-refractivity contribution in [3.8, 4) is 0 Å². The van der Waals surface area contributed by atoms with Crippen LogP contribution in [0.1, 0.15) is 11.1 Å². The van der Waals surface area contributed by atoms with E-state index in [1.165, 1.54) is 0 Å². The van der Waals surface area contributed by atoms with Crippen molar-refractivity contribution in [1.82, 2.24) is 5.43 Å². The summed E-state index contributed by atoms with van der Waals surface area (Å²) in [6.07, 6.45) is -5.04. The van der Waals surface area contributed by atoms with Crippen LogP contribution >= 0.6 is 0 Å². The van der Waals surface area contributed by atoms with Gasteiger partial charge in [0.2, 0.25) is 0 Å². The maximum atomic E-state index is 13.2. The lowest BCUT2D eigenvalue weighted by atomic mass is 10.0. The molecule has 19 heavy (non-hydrogen) atoms. The third kappa shape index (κ3) is 2.92. The normalized spacial score (nSPS) is 11.3. The Bertz CT molecular complexity index is 492. The van der Waals surface area contributed by atoms with Crippen LogP contribution in [0.2, 0.25) is 0 Å². The fourth-order valence-corrected chi connectivity index (χ4v) is 1.48. The molecule has 0 aliphatic heterocycles. The summed E-state index contributed by atoms with van der Waals surface area (Å²) in [6.45, 7) is -1.16. The Morgan fingerprint density at radius 1 is 1.42 bits per heavy atom. The second-order valence-corrected chi connectivity index (χ2v) is 3.40. The topological polar surface area (TPSA) is 105 Å². The van der Waals surface area contributed by atoms with E-state index in [0.29, 0.717) is 6.07 Å². The minimum Gasteiger partial charge on any atom is -0.392 e. The van der Waals surface area contributed by atoms with E-state index < -0.39 is 41.4 Å². The molecule has 6 nitrogen and oxygen atoms in total. The Kier molecular flexibility index (Phi) is 4.29. The van der Waals surface area contributed by atoms with Gasteiger partial charge in [-0.25, -0.2) is 25.9 Å². The summed E-state index contributed by atoms with van der Waals surface area (Å²) in [4.78, 5) is 11.1. The number of benzene rings is 1. The highest BCUT2D eigenvalue weighted by atomic mass is 19.4. The number of nitrogens with one attached hydrogen (secondary N) is 1. The summed E-state index contributed by atoms with van der Waals surface area (Å²) in [5.41, 5.74) is -1.47. The number of nitrogens with zero attached hydrogens (tertiary/aromatic N) is 1. The molecule has 0 atom stereocenters. The Labute approximate surface area is 104 Å². The molecule has 0 spiro atoms. The number of carbonyl (C=O) groups is 1. The molecule has 1 rings (SSSR count). The van der Waals surface area contributed by atoms with Crippen molar-refractivity contribution in [2.45, 2.75) is 12.8 Å². The number of hydrogen-bond acceptors (Lipinski definition) is 4. The molecule has 6 N–H and O–H groups in total. The summed E-state index contributed by atoms with van der Waals surface area (Å²) in [7, 11) is 0. The number of aliphatic hydroxyl groups excluding tert-OH is 1. The summed E-state index contributed by atoms with van der Waals surface area (Å²) < 4.78 is 51.3. The van der Waals surface area contributed by atoms with E-state index in [4.69, 9.17) is 16.8 Å². The number of halogens is 4. The molecular weight excluding hydrogens is 272 g/mol.